The van der Waals surface area contributed by atoms with Gasteiger partial charge >= 0.3 is 0 Å². The lowest BCUT2D eigenvalue weighted by Crippen LogP contribution is -2.43. The highest BCUT2D eigenvalue weighted by Gasteiger charge is 2.45. The number of hydrogen-bond donors (Lipinski definition) is 2. The van der Waals surface area contributed by atoms with Crippen LogP contribution in [0.1, 0.15) is 38.5 Å². The second-order valence-electron chi connectivity index (χ2n) is 4.69. The van der Waals surface area contributed by atoms with E-state index in [9.17, 15) is 4.79 Å². The molecule has 3 N–H and O–H groups in total. The first kappa shape index (κ1) is 13.7. The van der Waals surface area contributed by atoms with E-state index in [4.69, 9.17) is 10.5 Å². The number of halogens is 1. The van der Waals surface area contributed by atoms with Crippen molar-refractivity contribution < 1.29 is 9.53 Å². The van der Waals surface area contributed by atoms with Gasteiger partial charge in [0.2, 0.25) is 5.91 Å². The fourth-order valence-electron chi connectivity index (χ4n) is 1.98. The van der Waals surface area contributed by atoms with Crippen LogP contribution >= 0.6 is 12.4 Å². The maximum absolute atomic E-state index is 11.4. The molecule has 0 radical (unpaired) electrons. The molecule has 2 fully saturated rings. The number of carbonyl (C=O) groups is 1. The summed E-state index contributed by atoms with van der Waals surface area (Å²) in [5.74, 6) is -0.0162. The zero-order valence-corrected chi connectivity index (χ0v) is 10.4. The Morgan fingerprint density at radius 2 is 2.00 bits per heavy atom. The number of carbonyl (C=O) groups excluding carboxylic acids is 1. The van der Waals surface area contributed by atoms with Crippen LogP contribution in [0.25, 0.3) is 0 Å². The molecule has 2 saturated carbocycles. The molecule has 4 nitrogen and oxygen atoms in total. The van der Waals surface area contributed by atoms with Crippen molar-refractivity contribution in [2.45, 2.75) is 50.2 Å². The van der Waals surface area contributed by atoms with Crippen LogP contribution in [0, 0.1) is 0 Å². The fraction of sp³-hybridized carbons (Fsp3) is 0.909. The van der Waals surface area contributed by atoms with Gasteiger partial charge in [0.15, 0.2) is 0 Å². The summed E-state index contributed by atoms with van der Waals surface area (Å²) in [4.78, 5) is 11.4. The SMILES string of the molecule is Cl.NC1(C(=O)NCCOC2CCCC2)CC1. The fourth-order valence-corrected chi connectivity index (χ4v) is 1.98. The van der Waals surface area contributed by atoms with Crippen molar-refractivity contribution in [3.05, 3.63) is 0 Å². The van der Waals surface area contributed by atoms with E-state index in [0.717, 1.165) is 12.8 Å². The molecule has 0 aromatic carbocycles. The zero-order valence-electron chi connectivity index (χ0n) is 9.54. The van der Waals surface area contributed by atoms with Gasteiger partial charge in [0.25, 0.3) is 0 Å². The van der Waals surface area contributed by atoms with Crippen LogP contribution in [0.5, 0.6) is 0 Å². The molecule has 0 atom stereocenters. The first-order valence-corrected chi connectivity index (χ1v) is 5.89. The van der Waals surface area contributed by atoms with Crippen molar-refractivity contribution in [1.82, 2.24) is 5.32 Å². The first-order chi connectivity index (χ1) is 7.21. The summed E-state index contributed by atoms with van der Waals surface area (Å²) < 4.78 is 5.63. The lowest BCUT2D eigenvalue weighted by atomic mass is 10.3. The number of amides is 1. The standard InChI is InChI=1S/C11H20N2O2.ClH/c12-11(5-6-11)10(14)13-7-8-15-9-3-1-2-4-9;/h9H,1-8,12H2,(H,13,14);1H. The summed E-state index contributed by atoms with van der Waals surface area (Å²) in [6.07, 6.45) is 6.98. The largest absolute Gasteiger partial charge is 0.376 e. The third-order valence-corrected chi connectivity index (χ3v) is 3.28. The Hall–Kier alpha value is -0.320. The lowest BCUT2D eigenvalue weighted by molar-refractivity contribution is -0.123. The monoisotopic (exact) mass is 248 g/mol. The highest BCUT2D eigenvalue weighted by Crippen LogP contribution is 2.31. The lowest BCUT2D eigenvalue weighted by Gasteiger charge is -2.13. The van der Waals surface area contributed by atoms with Gasteiger partial charge in [0.05, 0.1) is 18.2 Å². The molecule has 0 aliphatic heterocycles. The molecule has 0 aromatic rings. The molecule has 2 aliphatic rings. The van der Waals surface area contributed by atoms with Crippen molar-refractivity contribution >= 4 is 18.3 Å². The number of nitrogens with two attached hydrogens (primary N) is 1. The minimum absolute atomic E-state index is 0. The van der Waals surface area contributed by atoms with E-state index in [2.05, 4.69) is 5.32 Å². The topological polar surface area (TPSA) is 64.4 Å². The van der Waals surface area contributed by atoms with Crippen LogP contribution in [0.3, 0.4) is 0 Å². The minimum atomic E-state index is -0.548. The molecule has 5 heteroatoms. The van der Waals surface area contributed by atoms with Crippen LogP contribution in [0.4, 0.5) is 0 Å². The third kappa shape index (κ3) is 3.61. The molecule has 2 aliphatic carbocycles. The van der Waals surface area contributed by atoms with Crippen LogP contribution in [-0.2, 0) is 9.53 Å². The van der Waals surface area contributed by atoms with Gasteiger partial charge in [-0.15, -0.1) is 12.4 Å². The molecule has 0 bridgehead atoms. The number of hydrogen-bond acceptors (Lipinski definition) is 3. The van der Waals surface area contributed by atoms with Gasteiger partial charge in [-0.1, -0.05) is 12.8 Å². The number of ether oxygens (including phenoxy) is 1. The van der Waals surface area contributed by atoms with E-state index >= 15 is 0 Å². The predicted octanol–water partition coefficient (Wildman–Crippen LogP) is 0.975. The van der Waals surface area contributed by atoms with Gasteiger partial charge in [-0.2, -0.15) is 0 Å². The van der Waals surface area contributed by atoms with Gasteiger partial charge in [-0.25, -0.2) is 0 Å². The summed E-state index contributed by atoms with van der Waals surface area (Å²) in [5.41, 5.74) is 5.19. The van der Waals surface area contributed by atoms with Crippen molar-refractivity contribution in [1.29, 1.82) is 0 Å². The summed E-state index contributed by atoms with van der Waals surface area (Å²) in [7, 11) is 0. The normalized spacial score (nSPS) is 22.6. The molecule has 2 rings (SSSR count). The second-order valence-corrected chi connectivity index (χ2v) is 4.69. The molecule has 0 spiro atoms. The van der Waals surface area contributed by atoms with Crippen LogP contribution in [0.2, 0.25) is 0 Å². The smallest absolute Gasteiger partial charge is 0.240 e. The summed E-state index contributed by atoms with van der Waals surface area (Å²) >= 11 is 0. The average molecular weight is 249 g/mol. The highest BCUT2D eigenvalue weighted by molar-refractivity contribution is 5.88. The summed E-state index contributed by atoms with van der Waals surface area (Å²) in [5, 5.41) is 2.82. The van der Waals surface area contributed by atoms with E-state index in [-0.39, 0.29) is 18.3 Å². The molecular weight excluding hydrogens is 228 g/mol. The Bertz CT molecular complexity index is 238. The van der Waals surface area contributed by atoms with Crippen LogP contribution in [0.15, 0.2) is 0 Å². The van der Waals surface area contributed by atoms with E-state index < -0.39 is 5.54 Å². The Morgan fingerprint density at radius 1 is 1.38 bits per heavy atom. The molecule has 94 valence electrons. The molecule has 0 saturated heterocycles. The molecule has 0 aromatic heterocycles. The van der Waals surface area contributed by atoms with Gasteiger partial charge < -0.3 is 15.8 Å². The first-order valence-electron chi connectivity index (χ1n) is 5.89. The van der Waals surface area contributed by atoms with Gasteiger partial charge in [0.1, 0.15) is 0 Å². The van der Waals surface area contributed by atoms with Crippen molar-refractivity contribution in [2.75, 3.05) is 13.2 Å². The Labute approximate surface area is 103 Å². The van der Waals surface area contributed by atoms with E-state index in [1.807, 2.05) is 0 Å². The van der Waals surface area contributed by atoms with Crippen LogP contribution in [-0.4, -0.2) is 30.7 Å². The Balaban J connectivity index is 0.00000128. The number of rotatable bonds is 5. The summed E-state index contributed by atoms with van der Waals surface area (Å²) in [6.45, 7) is 1.21. The van der Waals surface area contributed by atoms with Gasteiger partial charge in [0, 0.05) is 6.54 Å². The molecule has 0 unspecified atom stereocenters. The van der Waals surface area contributed by atoms with E-state index in [1.165, 1.54) is 25.7 Å². The maximum atomic E-state index is 11.4. The Morgan fingerprint density at radius 3 is 2.56 bits per heavy atom. The van der Waals surface area contributed by atoms with Gasteiger partial charge in [-0.05, 0) is 25.7 Å². The molecule has 1 amide bonds. The minimum Gasteiger partial charge on any atom is -0.376 e. The Kier molecular flexibility index (Phi) is 5.02. The maximum Gasteiger partial charge on any atom is 0.240 e. The van der Waals surface area contributed by atoms with E-state index in [1.54, 1.807) is 0 Å². The van der Waals surface area contributed by atoms with Crippen molar-refractivity contribution in [2.24, 2.45) is 5.73 Å². The summed E-state index contributed by atoms with van der Waals surface area (Å²) in [6, 6.07) is 0. The third-order valence-electron chi connectivity index (χ3n) is 3.28. The molecule has 16 heavy (non-hydrogen) atoms. The molecular formula is C11H21ClN2O2. The van der Waals surface area contributed by atoms with Crippen molar-refractivity contribution in [3.63, 3.8) is 0 Å². The average Bonchev–Trinajstić information content (AvgIpc) is 2.80. The van der Waals surface area contributed by atoms with Crippen LogP contribution < -0.4 is 11.1 Å². The van der Waals surface area contributed by atoms with Gasteiger partial charge in [-0.3, -0.25) is 4.79 Å². The highest BCUT2D eigenvalue weighted by atomic mass is 35.5. The zero-order chi connectivity index (χ0) is 10.7. The van der Waals surface area contributed by atoms with Crippen molar-refractivity contribution in [3.8, 4) is 0 Å². The second kappa shape index (κ2) is 5.84. The van der Waals surface area contributed by atoms with E-state index in [0.29, 0.717) is 19.3 Å². The quantitative estimate of drug-likeness (QED) is 0.713. The number of nitrogens with one attached hydrogen (secondary N) is 1. The molecule has 0 heterocycles. The predicted molar refractivity (Wildman–Crippen MR) is 64.6 cm³/mol.